The maximum absolute atomic E-state index is 13.0. The van der Waals surface area contributed by atoms with Crippen molar-refractivity contribution in [3.8, 4) is 11.1 Å². The third kappa shape index (κ3) is 3.80. The molecule has 0 heterocycles. The molecule has 0 aliphatic carbocycles. The molecule has 126 valence electrons. The van der Waals surface area contributed by atoms with E-state index >= 15 is 0 Å². The average Bonchev–Trinajstić information content (AvgIpc) is 2.68. The minimum Gasteiger partial charge on any atom is -0.322 e. The number of benzene rings is 3. The Morgan fingerprint density at radius 1 is 0.880 bits per heavy atom. The molecule has 1 N–H and O–H groups in total. The lowest BCUT2D eigenvalue weighted by Crippen LogP contribution is -2.15. The third-order valence-corrected chi connectivity index (χ3v) is 4.61. The first-order chi connectivity index (χ1) is 12.2. The molecule has 3 aromatic rings. The molecule has 0 aliphatic rings. The van der Waals surface area contributed by atoms with E-state index in [1.807, 2.05) is 72.8 Å². The van der Waals surface area contributed by atoms with Gasteiger partial charge >= 0.3 is 0 Å². The lowest BCUT2D eigenvalue weighted by atomic mass is 9.96. The first kappa shape index (κ1) is 17.0. The van der Waals surface area contributed by atoms with Crippen LogP contribution in [0.1, 0.15) is 42.1 Å². The van der Waals surface area contributed by atoms with Crippen molar-refractivity contribution < 1.29 is 4.79 Å². The molecule has 0 bridgehead atoms. The van der Waals surface area contributed by atoms with Crippen molar-refractivity contribution in [1.82, 2.24) is 0 Å². The fourth-order valence-electron chi connectivity index (χ4n) is 3.00. The van der Waals surface area contributed by atoms with Crippen molar-refractivity contribution in [2.75, 3.05) is 5.32 Å². The van der Waals surface area contributed by atoms with Gasteiger partial charge in [-0.2, -0.15) is 0 Å². The number of rotatable bonds is 5. The van der Waals surface area contributed by atoms with Crippen LogP contribution in [-0.4, -0.2) is 5.91 Å². The predicted molar refractivity (Wildman–Crippen MR) is 105 cm³/mol. The first-order valence-corrected chi connectivity index (χ1v) is 8.75. The zero-order valence-electron chi connectivity index (χ0n) is 14.7. The Morgan fingerprint density at radius 3 is 2.28 bits per heavy atom. The van der Waals surface area contributed by atoms with Crippen molar-refractivity contribution in [2.45, 2.75) is 26.2 Å². The van der Waals surface area contributed by atoms with Gasteiger partial charge in [-0.15, -0.1) is 0 Å². The first-order valence-electron chi connectivity index (χ1n) is 8.75. The largest absolute Gasteiger partial charge is 0.322 e. The number of anilines is 1. The molecule has 3 rings (SSSR count). The second-order valence-corrected chi connectivity index (χ2v) is 6.26. The predicted octanol–water partition coefficient (Wildman–Crippen LogP) is 6.12. The number of hydrogen-bond acceptors (Lipinski definition) is 1. The molecule has 2 nitrogen and oxygen atoms in total. The highest BCUT2D eigenvalue weighted by molar-refractivity contribution is 6.09. The van der Waals surface area contributed by atoms with Gasteiger partial charge in [-0.25, -0.2) is 0 Å². The normalized spacial score (nSPS) is 11.8. The van der Waals surface area contributed by atoms with E-state index < -0.39 is 0 Å². The lowest BCUT2D eigenvalue weighted by Gasteiger charge is -2.16. The highest BCUT2D eigenvalue weighted by atomic mass is 16.1. The van der Waals surface area contributed by atoms with Gasteiger partial charge in [-0.3, -0.25) is 4.79 Å². The molecule has 0 aliphatic heterocycles. The monoisotopic (exact) mass is 329 g/mol. The summed E-state index contributed by atoms with van der Waals surface area (Å²) >= 11 is 0. The Balaban J connectivity index is 1.94. The number of carbonyl (C=O) groups is 1. The summed E-state index contributed by atoms with van der Waals surface area (Å²) in [4.78, 5) is 13.0. The summed E-state index contributed by atoms with van der Waals surface area (Å²) in [7, 11) is 0. The highest BCUT2D eigenvalue weighted by Gasteiger charge is 2.15. The minimum atomic E-state index is -0.0739. The third-order valence-electron chi connectivity index (χ3n) is 4.61. The van der Waals surface area contributed by atoms with Crippen LogP contribution in [0.3, 0.4) is 0 Å². The Bertz CT molecular complexity index is 855. The van der Waals surface area contributed by atoms with Crippen molar-refractivity contribution in [3.05, 3.63) is 90.0 Å². The van der Waals surface area contributed by atoms with E-state index in [2.05, 4.69) is 25.2 Å². The standard InChI is InChI=1S/C23H23NO/c1-3-17(2)19-13-9-10-16-22(19)24-23(25)21-15-8-7-14-20(21)18-11-5-4-6-12-18/h4-17H,3H2,1-2H3,(H,24,25)/t17-/m1/s1. The Hall–Kier alpha value is -2.87. The van der Waals surface area contributed by atoms with Crippen LogP contribution in [0, 0.1) is 0 Å². The zero-order valence-corrected chi connectivity index (χ0v) is 14.7. The second kappa shape index (κ2) is 7.80. The van der Waals surface area contributed by atoms with Gasteiger partial charge in [-0.05, 0) is 41.2 Å². The van der Waals surface area contributed by atoms with Gasteiger partial charge in [0.05, 0.1) is 0 Å². The minimum absolute atomic E-state index is 0.0739. The maximum atomic E-state index is 13.0. The molecular formula is C23H23NO. The highest BCUT2D eigenvalue weighted by Crippen LogP contribution is 2.28. The van der Waals surface area contributed by atoms with E-state index in [0.717, 1.165) is 23.2 Å². The number of para-hydroxylation sites is 1. The zero-order chi connectivity index (χ0) is 17.6. The summed E-state index contributed by atoms with van der Waals surface area (Å²) in [6.45, 7) is 4.34. The van der Waals surface area contributed by atoms with Crippen LogP contribution in [0.4, 0.5) is 5.69 Å². The van der Waals surface area contributed by atoms with Crippen molar-refractivity contribution in [2.24, 2.45) is 0 Å². The van der Waals surface area contributed by atoms with Crippen LogP contribution >= 0.6 is 0 Å². The Labute approximate surface area is 149 Å². The smallest absolute Gasteiger partial charge is 0.256 e. The maximum Gasteiger partial charge on any atom is 0.256 e. The molecule has 0 saturated carbocycles. The summed E-state index contributed by atoms with van der Waals surface area (Å²) in [5.74, 6) is 0.330. The van der Waals surface area contributed by atoms with E-state index in [9.17, 15) is 4.79 Å². The second-order valence-electron chi connectivity index (χ2n) is 6.26. The van der Waals surface area contributed by atoms with Gasteiger partial charge in [0, 0.05) is 11.3 Å². The number of nitrogens with one attached hydrogen (secondary N) is 1. The van der Waals surface area contributed by atoms with E-state index in [1.165, 1.54) is 5.56 Å². The molecule has 25 heavy (non-hydrogen) atoms. The molecule has 2 heteroatoms. The van der Waals surface area contributed by atoms with E-state index in [4.69, 9.17) is 0 Å². The van der Waals surface area contributed by atoms with Gasteiger partial charge in [0.25, 0.3) is 5.91 Å². The summed E-state index contributed by atoms with van der Waals surface area (Å²) in [5, 5.41) is 3.11. The summed E-state index contributed by atoms with van der Waals surface area (Å²) in [6.07, 6.45) is 1.04. The molecule has 1 amide bonds. The van der Waals surface area contributed by atoms with Crippen molar-refractivity contribution >= 4 is 11.6 Å². The molecule has 3 aromatic carbocycles. The molecule has 0 spiro atoms. The summed E-state index contributed by atoms with van der Waals surface area (Å²) < 4.78 is 0. The lowest BCUT2D eigenvalue weighted by molar-refractivity contribution is 0.102. The Kier molecular flexibility index (Phi) is 5.30. The van der Waals surface area contributed by atoms with Gasteiger partial charge in [0.15, 0.2) is 0 Å². The number of carbonyl (C=O) groups excluding carboxylic acids is 1. The van der Waals surface area contributed by atoms with Gasteiger partial charge in [0.1, 0.15) is 0 Å². The molecule has 0 unspecified atom stereocenters. The quantitative estimate of drug-likeness (QED) is 0.600. The van der Waals surface area contributed by atoms with Gasteiger partial charge < -0.3 is 5.32 Å². The fraction of sp³-hybridized carbons (Fsp3) is 0.174. The van der Waals surface area contributed by atoms with E-state index in [0.29, 0.717) is 11.5 Å². The molecule has 0 fully saturated rings. The average molecular weight is 329 g/mol. The SMILES string of the molecule is CC[C@@H](C)c1ccccc1NC(=O)c1ccccc1-c1ccccc1. The Morgan fingerprint density at radius 2 is 1.52 bits per heavy atom. The van der Waals surface area contributed by atoms with Gasteiger partial charge in [-0.1, -0.05) is 80.6 Å². The van der Waals surface area contributed by atoms with Crippen LogP contribution in [0.25, 0.3) is 11.1 Å². The molecule has 1 atom stereocenters. The topological polar surface area (TPSA) is 29.1 Å². The van der Waals surface area contributed by atoms with Crippen LogP contribution in [-0.2, 0) is 0 Å². The number of amides is 1. The summed E-state index contributed by atoms with van der Waals surface area (Å²) in [5.41, 5.74) is 4.75. The van der Waals surface area contributed by atoms with E-state index in [1.54, 1.807) is 0 Å². The fourth-order valence-corrected chi connectivity index (χ4v) is 3.00. The molecule has 0 radical (unpaired) electrons. The van der Waals surface area contributed by atoms with Crippen molar-refractivity contribution in [3.63, 3.8) is 0 Å². The van der Waals surface area contributed by atoms with Gasteiger partial charge in [0.2, 0.25) is 0 Å². The van der Waals surface area contributed by atoms with E-state index in [-0.39, 0.29) is 5.91 Å². The van der Waals surface area contributed by atoms with Crippen LogP contribution < -0.4 is 5.32 Å². The van der Waals surface area contributed by atoms with Crippen LogP contribution in [0.15, 0.2) is 78.9 Å². The molecule has 0 saturated heterocycles. The molecule has 0 aromatic heterocycles. The van der Waals surface area contributed by atoms with Crippen LogP contribution in [0.2, 0.25) is 0 Å². The summed E-state index contributed by atoms with van der Waals surface area (Å²) in [6, 6.07) is 25.8. The van der Waals surface area contributed by atoms with Crippen molar-refractivity contribution in [1.29, 1.82) is 0 Å². The molecular weight excluding hydrogens is 306 g/mol. The van der Waals surface area contributed by atoms with Crippen LogP contribution in [0.5, 0.6) is 0 Å². The number of hydrogen-bond donors (Lipinski definition) is 1.